The van der Waals surface area contributed by atoms with Crippen molar-refractivity contribution in [1.29, 1.82) is 0 Å². The molecule has 3 rings (SSSR count). The van der Waals surface area contributed by atoms with Crippen molar-refractivity contribution in [1.82, 2.24) is 0 Å². The van der Waals surface area contributed by atoms with Crippen LogP contribution < -0.4 is 23.1 Å². The van der Waals surface area contributed by atoms with Crippen LogP contribution >= 0.6 is 0 Å². The van der Waals surface area contributed by atoms with Gasteiger partial charge in [0.15, 0.2) is 11.5 Å². The molecule has 0 bridgehead atoms. The predicted octanol–water partition coefficient (Wildman–Crippen LogP) is 3.95. The maximum absolute atomic E-state index is 12.0. The third-order valence-electron chi connectivity index (χ3n) is 3.98. The van der Waals surface area contributed by atoms with Crippen molar-refractivity contribution in [2.24, 2.45) is 0 Å². The van der Waals surface area contributed by atoms with Crippen LogP contribution in [0.1, 0.15) is 12.0 Å². The van der Waals surface area contributed by atoms with Crippen LogP contribution in [-0.4, -0.2) is 41.9 Å². The molecule has 1 aliphatic rings. The number of hydrogen-bond acceptors (Lipinski definition) is 7. The van der Waals surface area contributed by atoms with E-state index in [2.05, 4.69) is 8.92 Å². The second kappa shape index (κ2) is 9.79. The number of alkyl halides is 3. The molecule has 166 valence electrons. The van der Waals surface area contributed by atoms with Crippen LogP contribution in [0.5, 0.6) is 28.7 Å². The second-order valence-electron chi connectivity index (χ2n) is 5.89. The van der Waals surface area contributed by atoms with Gasteiger partial charge in [0.25, 0.3) is 0 Å². The van der Waals surface area contributed by atoms with Crippen molar-refractivity contribution in [3.8, 4) is 28.7 Å². The van der Waals surface area contributed by atoms with Crippen LogP contribution in [0.3, 0.4) is 0 Å². The third-order valence-corrected chi connectivity index (χ3v) is 4.94. The first kappa shape index (κ1) is 23.5. The van der Waals surface area contributed by atoms with Gasteiger partial charge in [0.1, 0.15) is 17.2 Å². The van der Waals surface area contributed by atoms with E-state index >= 15 is 0 Å². The number of halogens is 3. The van der Waals surface area contributed by atoms with E-state index in [0.717, 1.165) is 48.3 Å². The molecule has 0 aromatic heterocycles. The Morgan fingerprint density at radius 1 is 0.933 bits per heavy atom. The highest BCUT2D eigenvalue weighted by molar-refractivity contribution is 7.88. The Morgan fingerprint density at radius 2 is 1.57 bits per heavy atom. The molecular weight excluding hydrogens is 429 g/mol. The Kier molecular flexibility index (Phi) is 7.65. The lowest BCUT2D eigenvalue weighted by Gasteiger charge is -2.20. The van der Waals surface area contributed by atoms with E-state index in [1.54, 1.807) is 14.2 Å². The molecule has 0 radical (unpaired) electrons. The fourth-order valence-electron chi connectivity index (χ4n) is 2.56. The molecule has 0 atom stereocenters. The van der Waals surface area contributed by atoms with Gasteiger partial charge in [-0.1, -0.05) is 12.1 Å². The molecule has 0 N–H and O–H groups in total. The third kappa shape index (κ3) is 5.62. The van der Waals surface area contributed by atoms with Crippen LogP contribution in [0.2, 0.25) is 0 Å². The minimum absolute atomic E-state index is 0.102. The Bertz CT molecular complexity index is 942. The van der Waals surface area contributed by atoms with E-state index in [1.165, 1.54) is 25.3 Å². The highest BCUT2D eigenvalue weighted by Crippen LogP contribution is 2.37. The van der Waals surface area contributed by atoms with Gasteiger partial charge in [-0.15, -0.1) is 0 Å². The summed E-state index contributed by atoms with van der Waals surface area (Å²) in [5.74, 6) is 1.92. The number of rotatable bonds is 5. The van der Waals surface area contributed by atoms with Crippen molar-refractivity contribution in [2.75, 3.05) is 27.9 Å². The van der Waals surface area contributed by atoms with E-state index in [9.17, 15) is 21.6 Å². The van der Waals surface area contributed by atoms with Gasteiger partial charge in [0.2, 0.25) is 0 Å². The normalized spacial score (nSPS) is 13.1. The highest BCUT2D eigenvalue weighted by Gasteiger charge is 2.48. The molecule has 11 heteroatoms. The van der Waals surface area contributed by atoms with Crippen molar-refractivity contribution in [3.05, 3.63) is 42.0 Å². The monoisotopic (exact) mass is 450 g/mol. The number of hydrogen-bond donors (Lipinski definition) is 0. The van der Waals surface area contributed by atoms with Gasteiger partial charge in [-0.05, 0) is 25.0 Å². The lowest BCUT2D eigenvalue weighted by atomic mass is 10.0. The molecule has 0 unspecified atom stereocenters. The van der Waals surface area contributed by atoms with E-state index in [-0.39, 0.29) is 5.75 Å². The summed E-state index contributed by atoms with van der Waals surface area (Å²) < 4.78 is 81.9. The fourth-order valence-corrected chi connectivity index (χ4v) is 3.02. The molecule has 0 spiro atoms. The van der Waals surface area contributed by atoms with Crippen LogP contribution in [0.25, 0.3) is 0 Å². The van der Waals surface area contributed by atoms with Crippen LogP contribution in [0.15, 0.2) is 36.4 Å². The molecule has 2 aromatic rings. The summed E-state index contributed by atoms with van der Waals surface area (Å²) in [5.41, 5.74) is -4.31. The quantitative estimate of drug-likeness (QED) is 0.504. The highest BCUT2D eigenvalue weighted by atomic mass is 32.2. The topological polar surface area (TPSA) is 80.3 Å². The zero-order chi connectivity index (χ0) is 22.4. The molecule has 0 fully saturated rings. The largest absolute Gasteiger partial charge is 0.534 e. The van der Waals surface area contributed by atoms with Crippen molar-refractivity contribution in [2.45, 2.75) is 18.3 Å². The minimum atomic E-state index is -5.66. The molecule has 2 aromatic carbocycles. The predicted molar refractivity (Wildman–Crippen MR) is 102 cm³/mol. The van der Waals surface area contributed by atoms with E-state index in [4.69, 9.17) is 14.2 Å². The van der Waals surface area contributed by atoms with E-state index < -0.39 is 21.4 Å². The van der Waals surface area contributed by atoms with E-state index in [0.29, 0.717) is 0 Å². The molecule has 0 aliphatic carbocycles. The second-order valence-corrected chi connectivity index (χ2v) is 7.43. The van der Waals surface area contributed by atoms with Crippen molar-refractivity contribution < 1.29 is 44.7 Å². The Labute approximate surface area is 172 Å². The first-order chi connectivity index (χ1) is 14.1. The summed E-state index contributed by atoms with van der Waals surface area (Å²) in [6.45, 7) is 0.781. The van der Waals surface area contributed by atoms with Crippen molar-refractivity contribution in [3.63, 3.8) is 0 Å². The van der Waals surface area contributed by atoms with Gasteiger partial charge in [-0.25, -0.2) is 0 Å². The zero-order valence-electron chi connectivity index (χ0n) is 16.5. The Morgan fingerprint density at radius 3 is 2.13 bits per heavy atom. The summed E-state index contributed by atoms with van der Waals surface area (Å²) in [6, 6.07) is 8.93. The lowest BCUT2D eigenvalue weighted by molar-refractivity contribution is -0.0500. The molecule has 0 saturated heterocycles. The number of fused-ring (bicyclic) bond motifs is 1. The summed E-state index contributed by atoms with van der Waals surface area (Å²) >= 11 is 0. The standard InChI is InChI=1S/C11H14O3.C8H7F3O4S/c1-12-8-6-10(13-2)9-4-3-5-14-11(9)7-8;1-14-6-4-2-3-5-7(6)15-16(12,13)8(9,10)11/h6-7H,3-5H2,1-2H3;2-5H,1H3. The van der Waals surface area contributed by atoms with Gasteiger partial charge in [0.05, 0.1) is 27.9 Å². The number of para-hydroxylation sites is 2. The number of benzene rings is 2. The van der Waals surface area contributed by atoms with Gasteiger partial charge in [0, 0.05) is 17.7 Å². The summed E-state index contributed by atoms with van der Waals surface area (Å²) in [4.78, 5) is 0. The molecule has 1 aliphatic heterocycles. The summed E-state index contributed by atoms with van der Waals surface area (Å²) in [7, 11) is -1.17. The van der Waals surface area contributed by atoms with Gasteiger partial charge in [-0.2, -0.15) is 21.6 Å². The molecule has 7 nitrogen and oxygen atoms in total. The Balaban J connectivity index is 0.000000215. The maximum atomic E-state index is 12.0. The minimum Gasteiger partial charge on any atom is -0.496 e. The average Bonchev–Trinajstić information content (AvgIpc) is 2.72. The van der Waals surface area contributed by atoms with Crippen molar-refractivity contribution >= 4 is 10.1 Å². The molecule has 0 saturated carbocycles. The first-order valence-electron chi connectivity index (χ1n) is 8.64. The molecule has 30 heavy (non-hydrogen) atoms. The summed E-state index contributed by atoms with van der Waals surface area (Å²) in [5, 5.41) is 0. The SMILES string of the molecule is COc1cc(OC)c2c(c1)OCCC2.COc1ccccc1OS(=O)(=O)C(F)(F)F. The zero-order valence-corrected chi connectivity index (χ0v) is 17.3. The molecular formula is C19H21F3O7S. The van der Waals surface area contributed by atoms with E-state index in [1.807, 2.05) is 12.1 Å². The fraction of sp³-hybridized carbons (Fsp3) is 0.368. The van der Waals surface area contributed by atoms with Crippen LogP contribution in [0.4, 0.5) is 13.2 Å². The van der Waals surface area contributed by atoms with Gasteiger partial charge in [-0.3, -0.25) is 0 Å². The molecule has 1 heterocycles. The smallest absolute Gasteiger partial charge is 0.496 e. The first-order valence-corrected chi connectivity index (χ1v) is 10.0. The van der Waals surface area contributed by atoms with Crippen LogP contribution in [-0.2, 0) is 16.5 Å². The van der Waals surface area contributed by atoms with Gasteiger partial charge < -0.3 is 23.1 Å². The number of ether oxygens (including phenoxy) is 4. The number of methoxy groups -OCH3 is 3. The lowest BCUT2D eigenvalue weighted by Crippen LogP contribution is -2.28. The maximum Gasteiger partial charge on any atom is 0.534 e. The molecule has 0 amide bonds. The average molecular weight is 450 g/mol. The van der Waals surface area contributed by atoms with Crippen LogP contribution in [0, 0.1) is 0 Å². The summed E-state index contributed by atoms with van der Waals surface area (Å²) in [6.07, 6.45) is 2.07. The Hall–Kier alpha value is -2.82. The van der Waals surface area contributed by atoms with Gasteiger partial charge >= 0.3 is 15.6 Å².